The standard InChI is InChI=1S/C16H19.C5H5.7CH3.Hf/c1-11(2)8-14-6-7-15-9-12-4-3-5-13(12)10-16(14)15;1-2-4-5-3-1;;;;;;;;/h6-7,9-11H,3-5,8H2,1-2H3;1-5H;7*1H3;. The van der Waals surface area contributed by atoms with E-state index in [1.54, 1.807) is 16.7 Å². The Morgan fingerprint density at radius 2 is 1.45 bits per heavy atom. The van der Waals surface area contributed by atoms with Gasteiger partial charge in [0.2, 0.25) is 0 Å². The van der Waals surface area contributed by atoms with Gasteiger partial charge in [0.05, 0.1) is 0 Å². The number of allylic oxidation sites excluding steroid dienone is 5. The van der Waals surface area contributed by atoms with Crippen LogP contribution in [0.1, 0.15) is 48.9 Å². The summed E-state index contributed by atoms with van der Waals surface area (Å²) in [5, 5.41) is 0. The number of hydrogen-bond acceptors (Lipinski definition) is 0. The van der Waals surface area contributed by atoms with Crippen molar-refractivity contribution in [3.8, 4) is 0 Å². The Balaban J connectivity index is 2.23. The Bertz CT molecular complexity index is 1070. The SMILES string of the molecule is CC(C)C[C]1([Hf]([CH3])([CH3])([CH3])([CH3])([CH3])([CH3])([CH3])[CH]2C=CC=C2)C=Cc2cc3c(cc21)CCC3. The molecule has 0 fully saturated rings. The van der Waals surface area contributed by atoms with Crippen LogP contribution in [0, 0.1) is 5.92 Å². The van der Waals surface area contributed by atoms with Gasteiger partial charge in [-0.3, -0.25) is 0 Å². The molecule has 1 aromatic carbocycles. The molecule has 3 aliphatic carbocycles. The Hall–Kier alpha value is -0.690. The van der Waals surface area contributed by atoms with Gasteiger partial charge in [0, 0.05) is 0 Å². The van der Waals surface area contributed by atoms with E-state index in [0.717, 1.165) is 0 Å². The minimum absolute atomic E-state index is 0.00758. The van der Waals surface area contributed by atoms with Gasteiger partial charge in [0.15, 0.2) is 0 Å². The molecule has 0 saturated carbocycles. The van der Waals surface area contributed by atoms with Gasteiger partial charge in [0.25, 0.3) is 0 Å². The molecule has 0 spiro atoms. The summed E-state index contributed by atoms with van der Waals surface area (Å²) in [6, 6.07) is 5.18. The van der Waals surface area contributed by atoms with Crippen molar-refractivity contribution in [1.82, 2.24) is 0 Å². The molecule has 4 rings (SSSR count). The normalized spacial score (nSPS) is 30.8. The molecular weight excluding hydrogens is 515 g/mol. The first kappa shape index (κ1) is 21.5. The molecule has 0 heterocycles. The van der Waals surface area contributed by atoms with E-state index >= 15 is 0 Å². The fourth-order valence-electron chi connectivity index (χ4n) is 7.91. The molecule has 29 heavy (non-hydrogen) atoms. The summed E-state index contributed by atoms with van der Waals surface area (Å²) in [5.41, 5.74) is 6.29. The Morgan fingerprint density at radius 1 is 0.897 bits per heavy atom. The van der Waals surface area contributed by atoms with E-state index in [4.69, 9.17) is 0 Å². The zero-order valence-electron chi connectivity index (χ0n) is 20.6. The topological polar surface area (TPSA) is 0 Å². The second kappa shape index (κ2) is 3.72. The number of benzene rings is 1. The zero-order chi connectivity index (χ0) is 21.8. The van der Waals surface area contributed by atoms with E-state index in [2.05, 4.69) is 95.2 Å². The summed E-state index contributed by atoms with van der Waals surface area (Å²) in [6.07, 6.45) is 19.8. The van der Waals surface area contributed by atoms with E-state index in [1.165, 1.54) is 31.2 Å². The van der Waals surface area contributed by atoms with Gasteiger partial charge in [-0.15, -0.1) is 0 Å². The molecule has 1 aromatic rings. The first-order valence-electron chi connectivity index (χ1n) is 12.1. The molecule has 0 N–H and O–H groups in total. The van der Waals surface area contributed by atoms with E-state index in [9.17, 15) is 0 Å². The van der Waals surface area contributed by atoms with Crippen LogP contribution in [0.3, 0.4) is 0 Å². The third-order valence-corrected chi connectivity index (χ3v) is 56.6. The van der Waals surface area contributed by atoms with Gasteiger partial charge in [-0.25, -0.2) is 0 Å². The van der Waals surface area contributed by atoms with Gasteiger partial charge >= 0.3 is 169 Å². The molecule has 0 nitrogen and oxygen atoms in total. The average Bonchev–Trinajstić information content (AvgIpc) is 3.23. The molecule has 0 saturated heterocycles. The van der Waals surface area contributed by atoms with Gasteiger partial charge < -0.3 is 0 Å². The van der Waals surface area contributed by atoms with Crippen LogP contribution in [0.25, 0.3) is 6.08 Å². The Labute approximate surface area is 167 Å². The van der Waals surface area contributed by atoms with Crippen molar-refractivity contribution in [1.29, 1.82) is 0 Å². The first-order valence-corrected chi connectivity index (χ1v) is 41.2. The van der Waals surface area contributed by atoms with Gasteiger partial charge in [0.1, 0.15) is 0 Å². The fraction of sp³-hybridized carbons (Fsp3) is 0.571. The second-order valence-corrected chi connectivity index (χ2v) is 131. The van der Waals surface area contributed by atoms with Crippen LogP contribution in [-0.4, -0.2) is 0 Å². The molecular formula is C28H45Hf. The van der Waals surface area contributed by atoms with Crippen molar-refractivity contribution in [2.24, 2.45) is 5.92 Å². The Morgan fingerprint density at radius 3 is 2.00 bits per heavy atom. The summed E-state index contributed by atoms with van der Waals surface area (Å²) in [5.74, 6) is 0.618. The van der Waals surface area contributed by atoms with Crippen LogP contribution < -0.4 is 0 Å². The van der Waals surface area contributed by atoms with E-state index in [1.807, 2.05) is 0 Å². The van der Waals surface area contributed by atoms with Gasteiger partial charge in [-0.05, 0) is 0 Å². The summed E-state index contributed by atoms with van der Waals surface area (Å²) in [6.45, 7) is 4.83. The molecule has 0 aromatic heterocycles. The number of rotatable bonds is 4. The van der Waals surface area contributed by atoms with E-state index < -0.39 is 12.6 Å². The summed E-state index contributed by atoms with van der Waals surface area (Å²) in [7, 11) is 0. The zero-order valence-corrected chi connectivity index (χ0v) is 24.2. The predicted molar refractivity (Wildman–Crippen MR) is 132 cm³/mol. The van der Waals surface area contributed by atoms with Gasteiger partial charge in [-0.1, -0.05) is 0 Å². The maximum atomic E-state index is 2.75. The van der Waals surface area contributed by atoms with Crippen LogP contribution in [-0.2, 0) is 28.6 Å². The average molecular weight is 560 g/mol. The molecule has 0 amide bonds. The third-order valence-electron chi connectivity index (χ3n) is 10.7. The van der Waals surface area contributed by atoms with Crippen LogP contribution in [0.2, 0.25) is 36.4 Å². The van der Waals surface area contributed by atoms with Crippen molar-refractivity contribution >= 4 is 6.08 Å². The van der Waals surface area contributed by atoms with Crippen molar-refractivity contribution in [2.45, 2.75) is 79.1 Å². The number of hydrogen-bond donors (Lipinski definition) is 0. The minimum atomic E-state index is -5.60. The van der Waals surface area contributed by atoms with Crippen LogP contribution >= 0.6 is 0 Å². The molecule has 1 unspecified atom stereocenters. The predicted octanol–water partition coefficient (Wildman–Crippen LogP) is 9.53. The quantitative estimate of drug-likeness (QED) is 0.322. The van der Waals surface area contributed by atoms with Crippen molar-refractivity contribution < 1.29 is 12.6 Å². The van der Waals surface area contributed by atoms with Crippen LogP contribution in [0.4, 0.5) is 0 Å². The maximum absolute atomic E-state index is 5.60. The second-order valence-electron chi connectivity index (χ2n) is 21.7. The monoisotopic (exact) mass is 561 g/mol. The fourth-order valence-corrected chi connectivity index (χ4v) is 41.2. The molecule has 161 valence electrons. The number of fused-ring (bicyclic) bond motifs is 2. The molecule has 0 bridgehead atoms. The van der Waals surface area contributed by atoms with E-state index in [0.29, 0.717) is 9.59 Å². The third kappa shape index (κ3) is 2.40. The molecule has 0 aliphatic heterocycles. The summed E-state index contributed by atoms with van der Waals surface area (Å²) < 4.78 is 19.7. The first-order chi connectivity index (χ1) is 12.6. The summed E-state index contributed by atoms with van der Waals surface area (Å²) >= 11 is -5.60. The van der Waals surface area contributed by atoms with Crippen LogP contribution in [0.5, 0.6) is 0 Å². The number of aryl methyl sites for hydroxylation is 2. The van der Waals surface area contributed by atoms with Crippen molar-refractivity contribution in [2.75, 3.05) is 0 Å². The molecule has 1 atom stereocenters. The van der Waals surface area contributed by atoms with Crippen molar-refractivity contribution in [3.05, 3.63) is 64.8 Å². The molecule has 0 radical (unpaired) electrons. The van der Waals surface area contributed by atoms with Gasteiger partial charge in [-0.2, -0.15) is 0 Å². The Kier molecular flexibility index (Phi) is 2.76. The molecule has 1 heteroatoms. The molecule has 3 aliphatic rings. The van der Waals surface area contributed by atoms with E-state index in [-0.39, 0.29) is 3.17 Å². The summed E-state index contributed by atoms with van der Waals surface area (Å²) in [4.78, 5) is 0. The van der Waals surface area contributed by atoms with Crippen molar-refractivity contribution in [3.63, 3.8) is 0 Å². The van der Waals surface area contributed by atoms with Crippen LogP contribution in [0.15, 0.2) is 42.5 Å².